The lowest BCUT2D eigenvalue weighted by Gasteiger charge is -2.08. The van der Waals surface area contributed by atoms with E-state index in [1.165, 1.54) is 28.0 Å². The van der Waals surface area contributed by atoms with Gasteiger partial charge in [-0.05, 0) is 68.5 Å². The number of aryl methyl sites for hydroxylation is 1. The van der Waals surface area contributed by atoms with E-state index < -0.39 is 0 Å². The average molecular weight is 606 g/mol. The highest BCUT2D eigenvalue weighted by molar-refractivity contribution is 8.00. The van der Waals surface area contributed by atoms with Crippen LogP contribution < -0.4 is 15.4 Å². The normalized spacial score (nSPS) is 12.8. The van der Waals surface area contributed by atoms with Gasteiger partial charge in [0.1, 0.15) is 10.8 Å². The summed E-state index contributed by atoms with van der Waals surface area (Å²) < 4.78 is 12.6. The second-order valence-electron chi connectivity index (χ2n) is 10.0. The van der Waals surface area contributed by atoms with Crippen LogP contribution in [-0.2, 0) is 28.9 Å². The molecule has 0 saturated carbocycles. The molecule has 0 radical (unpaired) electrons. The van der Waals surface area contributed by atoms with Crippen LogP contribution in [0.3, 0.4) is 0 Å². The van der Waals surface area contributed by atoms with Gasteiger partial charge in [-0.1, -0.05) is 24.6 Å². The van der Waals surface area contributed by atoms with E-state index in [4.69, 9.17) is 9.47 Å². The zero-order chi connectivity index (χ0) is 29.5. The fourth-order valence-electron chi connectivity index (χ4n) is 5.20. The number of esters is 1. The number of hydrogen-bond donors (Lipinski definition) is 2. The molecule has 0 aliphatic heterocycles. The maximum atomic E-state index is 13.1. The van der Waals surface area contributed by atoms with E-state index in [9.17, 15) is 14.4 Å². The van der Waals surface area contributed by atoms with Gasteiger partial charge in [0.15, 0.2) is 0 Å². The summed E-state index contributed by atoms with van der Waals surface area (Å²) in [7, 11) is 1.59. The summed E-state index contributed by atoms with van der Waals surface area (Å²) in [6.45, 7) is 3.12. The number of rotatable bonds is 11. The van der Waals surface area contributed by atoms with Crippen LogP contribution >= 0.6 is 23.1 Å². The molecule has 2 amide bonds. The van der Waals surface area contributed by atoms with Crippen molar-refractivity contribution in [3.05, 3.63) is 76.3 Å². The van der Waals surface area contributed by atoms with Gasteiger partial charge in [0.05, 0.1) is 25.0 Å². The third kappa shape index (κ3) is 6.82. The van der Waals surface area contributed by atoms with Gasteiger partial charge in [-0.3, -0.25) is 9.59 Å². The zero-order valence-corrected chi connectivity index (χ0v) is 25.5. The Morgan fingerprint density at radius 2 is 1.81 bits per heavy atom. The van der Waals surface area contributed by atoms with Crippen LogP contribution in [0.1, 0.15) is 57.3 Å². The SMILES string of the molecule is CCOC(=O)c1c(NC(=O)CSc2cn(CCNC(=O)c3ccc(OC)cc3)c3ccccc23)sc2c1CCCCC2. The summed E-state index contributed by atoms with van der Waals surface area (Å²) in [6.07, 6.45) is 7.06. The van der Waals surface area contributed by atoms with Gasteiger partial charge < -0.3 is 24.7 Å². The van der Waals surface area contributed by atoms with Crippen molar-refractivity contribution < 1.29 is 23.9 Å². The van der Waals surface area contributed by atoms with Crippen LogP contribution in [-0.4, -0.2) is 48.4 Å². The number of ether oxygens (including phenoxy) is 2. The Morgan fingerprint density at radius 1 is 1.02 bits per heavy atom. The first-order valence-electron chi connectivity index (χ1n) is 14.2. The van der Waals surface area contributed by atoms with Crippen molar-refractivity contribution in [1.82, 2.24) is 9.88 Å². The van der Waals surface area contributed by atoms with E-state index in [1.807, 2.05) is 30.5 Å². The summed E-state index contributed by atoms with van der Waals surface area (Å²) in [5, 5.41) is 7.64. The van der Waals surface area contributed by atoms with E-state index in [2.05, 4.69) is 15.2 Å². The van der Waals surface area contributed by atoms with Crippen molar-refractivity contribution in [1.29, 1.82) is 0 Å². The number of anilines is 1. The van der Waals surface area contributed by atoms with Gasteiger partial charge in [0.2, 0.25) is 5.91 Å². The van der Waals surface area contributed by atoms with Crippen LogP contribution in [0.15, 0.2) is 59.6 Å². The smallest absolute Gasteiger partial charge is 0.341 e. The maximum Gasteiger partial charge on any atom is 0.341 e. The highest BCUT2D eigenvalue weighted by Gasteiger charge is 2.26. The molecule has 0 saturated heterocycles. The number of thioether (sulfide) groups is 1. The van der Waals surface area contributed by atoms with E-state index in [0.717, 1.165) is 53.5 Å². The summed E-state index contributed by atoms with van der Waals surface area (Å²) in [6, 6.07) is 15.0. The summed E-state index contributed by atoms with van der Waals surface area (Å²) in [4.78, 5) is 40.7. The topological polar surface area (TPSA) is 98.7 Å². The lowest BCUT2D eigenvalue weighted by molar-refractivity contribution is -0.113. The number of amides is 2. The first-order chi connectivity index (χ1) is 20.5. The van der Waals surface area contributed by atoms with Crippen molar-refractivity contribution in [3.63, 3.8) is 0 Å². The quantitative estimate of drug-likeness (QED) is 0.118. The van der Waals surface area contributed by atoms with Crippen molar-refractivity contribution in [2.45, 2.75) is 50.5 Å². The van der Waals surface area contributed by atoms with Gasteiger partial charge in [-0.2, -0.15) is 0 Å². The van der Waals surface area contributed by atoms with E-state index in [-0.39, 0.29) is 23.5 Å². The van der Waals surface area contributed by atoms with Gasteiger partial charge in [0.25, 0.3) is 5.91 Å². The van der Waals surface area contributed by atoms with Crippen molar-refractivity contribution >= 4 is 56.8 Å². The molecule has 10 heteroatoms. The molecule has 220 valence electrons. The van der Waals surface area contributed by atoms with Gasteiger partial charge >= 0.3 is 5.97 Å². The van der Waals surface area contributed by atoms with Crippen molar-refractivity contribution in [3.8, 4) is 5.75 Å². The number of hydrogen-bond acceptors (Lipinski definition) is 7. The number of nitrogens with one attached hydrogen (secondary N) is 2. The zero-order valence-electron chi connectivity index (χ0n) is 23.9. The molecule has 0 spiro atoms. The van der Waals surface area contributed by atoms with Crippen LogP contribution in [0.4, 0.5) is 5.00 Å². The number of nitrogens with zero attached hydrogens (tertiary/aromatic N) is 1. The molecule has 1 aliphatic rings. The summed E-state index contributed by atoms with van der Waals surface area (Å²) >= 11 is 2.97. The minimum absolute atomic E-state index is 0.145. The highest BCUT2D eigenvalue weighted by Crippen LogP contribution is 2.38. The first kappa shape index (κ1) is 29.7. The number of thiophene rings is 1. The minimum atomic E-state index is -0.359. The monoisotopic (exact) mass is 605 g/mol. The Hall–Kier alpha value is -3.76. The molecule has 2 aromatic carbocycles. The fraction of sp³-hybridized carbons (Fsp3) is 0.344. The molecule has 0 unspecified atom stereocenters. The fourth-order valence-corrected chi connectivity index (χ4v) is 7.39. The lowest BCUT2D eigenvalue weighted by Crippen LogP contribution is -2.27. The largest absolute Gasteiger partial charge is 0.497 e. The highest BCUT2D eigenvalue weighted by atomic mass is 32.2. The number of benzene rings is 2. The molecule has 0 atom stereocenters. The number of methoxy groups -OCH3 is 1. The Morgan fingerprint density at radius 3 is 2.60 bits per heavy atom. The molecule has 2 heterocycles. The molecule has 8 nitrogen and oxygen atoms in total. The Balaban J connectivity index is 1.24. The second kappa shape index (κ2) is 13.9. The molecule has 2 aromatic heterocycles. The first-order valence-corrected chi connectivity index (χ1v) is 16.0. The third-order valence-corrected chi connectivity index (χ3v) is 9.51. The Bertz CT molecular complexity index is 1580. The Kier molecular flexibility index (Phi) is 9.86. The maximum absolute atomic E-state index is 13.1. The van der Waals surface area contributed by atoms with Crippen LogP contribution in [0.2, 0.25) is 0 Å². The van der Waals surface area contributed by atoms with Crippen LogP contribution in [0.25, 0.3) is 10.9 Å². The average Bonchev–Trinajstić information content (AvgIpc) is 3.43. The standard InChI is InChI=1S/C32H35N3O5S2/c1-3-40-32(38)29-24-10-5-4-6-12-26(24)42-31(29)34-28(36)20-41-27-19-35(25-11-8-7-9-23(25)27)18-17-33-30(37)21-13-15-22(39-2)16-14-21/h7-9,11,13-16,19H,3-6,10,12,17-18,20H2,1-2H3,(H,33,37)(H,34,36). The van der Waals surface area contributed by atoms with Gasteiger partial charge in [-0.15, -0.1) is 23.1 Å². The minimum Gasteiger partial charge on any atom is -0.497 e. The van der Waals surface area contributed by atoms with Crippen molar-refractivity contribution in [2.75, 3.05) is 31.3 Å². The molecule has 0 fully saturated rings. The summed E-state index contributed by atoms with van der Waals surface area (Å²) in [5.41, 5.74) is 3.18. The lowest BCUT2D eigenvalue weighted by atomic mass is 10.1. The third-order valence-electron chi connectivity index (χ3n) is 7.26. The molecule has 2 N–H and O–H groups in total. The summed E-state index contributed by atoms with van der Waals surface area (Å²) in [5.74, 6) is 0.238. The Labute approximate surface area is 253 Å². The number of carbonyl (C=O) groups excluding carboxylic acids is 3. The van der Waals surface area contributed by atoms with Gasteiger partial charge in [0, 0.05) is 45.5 Å². The number of fused-ring (bicyclic) bond motifs is 2. The molecule has 5 rings (SSSR count). The van der Waals surface area contributed by atoms with Gasteiger partial charge in [-0.25, -0.2) is 4.79 Å². The van der Waals surface area contributed by atoms with E-state index in [1.54, 1.807) is 38.3 Å². The molecule has 0 bridgehead atoms. The number of carbonyl (C=O) groups is 3. The molecular formula is C32H35N3O5S2. The second-order valence-corrected chi connectivity index (χ2v) is 12.1. The number of aromatic nitrogens is 1. The van der Waals surface area contributed by atoms with E-state index >= 15 is 0 Å². The molecule has 1 aliphatic carbocycles. The van der Waals surface area contributed by atoms with Crippen molar-refractivity contribution in [2.24, 2.45) is 0 Å². The van der Waals surface area contributed by atoms with E-state index in [0.29, 0.717) is 41.6 Å². The molecule has 42 heavy (non-hydrogen) atoms. The predicted octanol–water partition coefficient (Wildman–Crippen LogP) is 6.32. The van der Waals surface area contributed by atoms with Crippen LogP contribution in [0, 0.1) is 0 Å². The molecular weight excluding hydrogens is 571 g/mol. The molecule has 4 aromatic rings. The number of para-hydroxylation sites is 1. The predicted molar refractivity (Wildman–Crippen MR) is 168 cm³/mol. The van der Waals surface area contributed by atoms with Crippen LogP contribution in [0.5, 0.6) is 5.75 Å².